The molecule has 1 saturated heterocycles. The molecule has 0 aliphatic carbocycles. The van der Waals surface area contributed by atoms with Crippen LogP contribution < -0.4 is 0 Å². The van der Waals surface area contributed by atoms with E-state index in [1.165, 1.54) is 0 Å². The zero-order valence-corrected chi connectivity index (χ0v) is 10.3. The zero-order valence-electron chi connectivity index (χ0n) is 10.3. The molecular weight excluding hydrogens is 206 g/mol. The Morgan fingerprint density at radius 2 is 2.31 bits per heavy atom. The van der Waals surface area contributed by atoms with Gasteiger partial charge in [-0.1, -0.05) is 20.3 Å². The Labute approximate surface area is 97.6 Å². The van der Waals surface area contributed by atoms with Gasteiger partial charge in [-0.15, -0.1) is 0 Å². The monoisotopic (exact) mass is 229 g/mol. The minimum Gasteiger partial charge on any atom is -0.465 e. The van der Waals surface area contributed by atoms with E-state index in [9.17, 15) is 9.90 Å². The fourth-order valence-electron chi connectivity index (χ4n) is 1.82. The van der Waals surface area contributed by atoms with Crippen LogP contribution in [0.2, 0.25) is 0 Å². The van der Waals surface area contributed by atoms with Crippen molar-refractivity contribution in [3.05, 3.63) is 0 Å². The number of hydrogen-bond donors (Lipinski definition) is 1. The lowest BCUT2D eigenvalue weighted by Gasteiger charge is -2.33. The van der Waals surface area contributed by atoms with Crippen LogP contribution in [0.3, 0.4) is 0 Å². The van der Waals surface area contributed by atoms with Crippen molar-refractivity contribution in [2.75, 3.05) is 26.2 Å². The van der Waals surface area contributed by atoms with E-state index in [0.717, 1.165) is 25.8 Å². The molecule has 94 valence electrons. The maximum absolute atomic E-state index is 11.4. The average Bonchev–Trinajstić information content (AvgIpc) is 2.24. The molecule has 0 aromatic carbocycles. The molecule has 4 heteroatoms. The molecule has 1 aliphatic rings. The van der Waals surface area contributed by atoms with Gasteiger partial charge in [0.25, 0.3) is 0 Å². The Morgan fingerprint density at radius 1 is 1.56 bits per heavy atom. The maximum atomic E-state index is 11.4. The van der Waals surface area contributed by atoms with Gasteiger partial charge in [-0.05, 0) is 25.3 Å². The van der Waals surface area contributed by atoms with E-state index in [2.05, 4.69) is 6.92 Å². The minimum atomic E-state index is -0.308. The molecule has 2 atom stereocenters. The second-order valence-electron chi connectivity index (χ2n) is 4.64. The summed E-state index contributed by atoms with van der Waals surface area (Å²) >= 11 is 0. The normalized spacial score (nSPS) is 26.7. The highest BCUT2D eigenvalue weighted by Gasteiger charge is 2.25. The highest BCUT2D eigenvalue weighted by atomic mass is 16.5. The number of carbonyl (C=O) groups excluding carboxylic acids is 1. The maximum Gasteiger partial charge on any atom is 0.320 e. The van der Waals surface area contributed by atoms with E-state index in [-0.39, 0.29) is 12.1 Å². The second-order valence-corrected chi connectivity index (χ2v) is 4.64. The van der Waals surface area contributed by atoms with Crippen LogP contribution in [0.25, 0.3) is 0 Å². The lowest BCUT2D eigenvalue weighted by Crippen LogP contribution is -2.45. The molecular formula is C12H23NO3. The summed E-state index contributed by atoms with van der Waals surface area (Å²) < 4.78 is 5.09. The molecule has 0 radical (unpaired) electrons. The second kappa shape index (κ2) is 6.86. The number of aliphatic hydroxyl groups is 1. The molecule has 1 N–H and O–H groups in total. The molecule has 1 aliphatic heterocycles. The van der Waals surface area contributed by atoms with Crippen LogP contribution in [0.1, 0.15) is 33.1 Å². The smallest absolute Gasteiger partial charge is 0.320 e. The third-order valence-electron chi connectivity index (χ3n) is 3.12. The lowest BCUT2D eigenvalue weighted by molar-refractivity contribution is -0.146. The number of rotatable bonds is 5. The molecule has 16 heavy (non-hydrogen) atoms. The van der Waals surface area contributed by atoms with Crippen molar-refractivity contribution in [3.63, 3.8) is 0 Å². The first-order chi connectivity index (χ1) is 7.63. The average molecular weight is 229 g/mol. The molecule has 0 aromatic rings. The first kappa shape index (κ1) is 13.5. The Morgan fingerprint density at radius 3 is 2.94 bits per heavy atom. The first-order valence-corrected chi connectivity index (χ1v) is 6.19. The summed E-state index contributed by atoms with van der Waals surface area (Å²) in [6.45, 7) is 6.40. The number of nitrogens with zero attached hydrogens (tertiary/aromatic N) is 1. The fourth-order valence-corrected chi connectivity index (χ4v) is 1.82. The van der Waals surface area contributed by atoms with E-state index in [0.29, 0.717) is 25.6 Å². The van der Waals surface area contributed by atoms with Gasteiger partial charge in [0.15, 0.2) is 0 Å². The van der Waals surface area contributed by atoms with Gasteiger partial charge < -0.3 is 9.84 Å². The summed E-state index contributed by atoms with van der Waals surface area (Å²) in [6, 6.07) is 0. The van der Waals surface area contributed by atoms with Crippen LogP contribution in [0, 0.1) is 5.92 Å². The van der Waals surface area contributed by atoms with Gasteiger partial charge in [0.05, 0.1) is 19.3 Å². The van der Waals surface area contributed by atoms with E-state index in [1.54, 1.807) is 0 Å². The SMILES string of the molecule is CCCCOC(=O)CN1CCC(C)C(O)C1. The summed E-state index contributed by atoms with van der Waals surface area (Å²) in [7, 11) is 0. The van der Waals surface area contributed by atoms with Crippen molar-refractivity contribution >= 4 is 5.97 Å². The summed E-state index contributed by atoms with van der Waals surface area (Å²) in [6.07, 6.45) is 2.60. The number of hydrogen-bond acceptors (Lipinski definition) is 4. The van der Waals surface area contributed by atoms with Gasteiger partial charge in [-0.2, -0.15) is 0 Å². The van der Waals surface area contributed by atoms with Gasteiger partial charge in [0.1, 0.15) is 0 Å². The van der Waals surface area contributed by atoms with Gasteiger partial charge >= 0.3 is 5.97 Å². The van der Waals surface area contributed by atoms with Crippen LogP contribution in [-0.4, -0.2) is 48.3 Å². The van der Waals surface area contributed by atoms with Crippen LogP contribution in [-0.2, 0) is 9.53 Å². The predicted molar refractivity (Wildman–Crippen MR) is 62.1 cm³/mol. The number of esters is 1. The van der Waals surface area contributed by atoms with Gasteiger partial charge in [0.2, 0.25) is 0 Å². The van der Waals surface area contributed by atoms with Crippen LogP contribution in [0.15, 0.2) is 0 Å². The van der Waals surface area contributed by atoms with Crippen molar-refractivity contribution in [2.24, 2.45) is 5.92 Å². The number of β-amino-alcohol motifs (C(OH)–C–C–N with tert-alkyl or cyclic N) is 1. The summed E-state index contributed by atoms with van der Waals surface area (Å²) in [4.78, 5) is 13.4. The van der Waals surface area contributed by atoms with Crippen molar-refractivity contribution in [2.45, 2.75) is 39.2 Å². The third kappa shape index (κ3) is 4.49. The number of likely N-dealkylation sites (tertiary alicyclic amines) is 1. The molecule has 0 saturated carbocycles. The van der Waals surface area contributed by atoms with E-state index >= 15 is 0 Å². The third-order valence-corrected chi connectivity index (χ3v) is 3.12. The molecule has 0 spiro atoms. The quantitative estimate of drug-likeness (QED) is 0.565. The van der Waals surface area contributed by atoms with E-state index < -0.39 is 0 Å². The topological polar surface area (TPSA) is 49.8 Å². The molecule has 2 unspecified atom stereocenters. The van der Waals surface area contributed by atoms with Gasteiger partial charge in [-0.3, -0.25) is 9.69 Å². The standard InChI is InChI=1S/C12H23NO3/c1-3-4-7-16-12(15)9-13-6-5-10(2)11(14)8-13/h10-11,14H,3-9H2,1-2H3. The Bertz CT molecular complexity index is 220. The predicted octanol–water partition coefficient (Wildman–Crippen LogP) is 1.03. The Balaban J connectivity index is 2.19. The molecule has 1 rings (SSSR count). The van der Waals surface area contributed by atoms with Crippen molar-refractivity contribution in [1.82, 2.24) is 4.90 Å². The number of piperidine rings is 1. The molecule has 0 amide bonds. The van der Waals surface area contributed by atoms with Gasteiger partial charge in [0, 0.05) is 6.54 Å². The number of ether oxygens (including phenoxy) is 1. The first-order valence-electron chi connectivity index (χ1n) is 6.19. The van der Waals surface area contributed by atoms with Crippen LogP contribution in [0.5, 0.6) is 0 Å². The Kier molecular flexibility index (Phi) is 5.77. The van der Waals surface area contributed by atoms with Crippen molar-refractivity contribution < 1.29 is 14.6 Å². The number of unbranched alkanes of at least 4 members (excludes halogenated alkanes) is 1. The van der Waals surface area contributed by atoms with Gasteiger partial charge in [-0.25, -0.2) is 0 Å². The van der Waals surface area contributed by atoms with Crippen LogP contribution >= 0.6 is 0 Å². The zero-order chi connectivity index (χ0) is 12.0. The molecule has 0 bridgehead atoms. The van der Waals surface area contributed by atoms with Crippen molar-refractivity contribution in [3.8, 4) is 0 Å². The van der Waals surface area contributed by atoms with E-state index in [4.69, 9.17) is 4.74 Å². The highest BCUT2D eigenvalue weighted by Crippen LogP contribution is 2.16. The summed E-state index contributed by atoms with van der Waals surface area (Å²) in [5.41, 5.74) is 0. The molecule has 1 heterocycles. The molecule has 1 fully saturated rings. The van der Waals surface area contributed by atoms with Crippen molar-refractivity contribution in [1.29, 1.82) is 0 Å². The molecule has 0 aromatic heterocycles. The van der Waals surface area contributed by atoms with E-state index in [1.807, 2.05) is 11.8 Å². The summed E-state index contributed by atoms with van der Waals surface area (Å²) in [5.74, 6) is 0.169. The molecule has 4 nitrogen and oxygen atoms in total. The minimum absolute atomic E-state index is 0.171. The number of aliphatic hydroxyl groups excluding tert-OH is 1. The van der Waals surface area contributed by atoms with Crippen LogP contribution in [0.4, 0.5) is 0 Å². The lowest BCUT2D eigenvalue weighted by atomic mass is 9.96. The largest absolute Gasteiger partial charge is 0.465 e. The Hall–Kier alpha value is -0.610. The summed E-state index contributed by atoms with van der Waals surface area (Å²) in [5, 5.41) is 9.68. The fraction of sp³-hybridized carbons (Fsp3) is 0.917. The number of carbonyl (C=O) groups is 1. The highest BCUT2D eigenvalue weighted by molar-refractivity contribution is 5.71.